The van der Waals surface area contributed by atoms with Gasteiger partial charge in [0.05, 0.1) is 6.54 Å². The number of rotatable bonds is 5. The molecule has 1 amide bonds. The minimum Gasteiger partial charge on any atom is -0.339 e. The maximum absolute atomic E-state index is 12.3. The van der Waals surface area contributed by atoms with Gasteiger partial charge >= 0.3 is 0 Å². The van der Waals surface area contributed by atoms with Crippen molar-refractivity contribution < 1.29 is 4.79 Å². The number of amides is 1. The largest absolute Gasteiger partial charge is 0.339 e. The van der Waals surface area contributed by atoms with E-state index in [1.165, 1.54) is 11.1 Å². The Hall–Kier alpha value is -1.10. The van der Waals surface area contributed by atoms with Crippen molar-refractivity contribution in [1.82, 2.24) is 15.1 Å². The molecular formula is C18H30ClN3O. The standard InChI is InChI=1S/C18H29N3O.ClH/c1-14(2)16-5-7-17(8-6-16)15(3)20(4)13-18(22)21-11-9-19-10-12-21;/h5-8,14-15,19H,9-13H2,1-4H3;1H. The summed E-state index contributed by atoms with van der Waals surface area (Å²) in [6, 6.07) is 9.01. The van der Waals surface area contributed by atoms with Gasteiger partial charge in [0.2, 0.25) is 5.91 Å². The van der Waals surface area contributed by atoms with Crippen molar-refractivity contribution in [2.75, 3.05) is 39.8 Å². The second kappa shape index (κ2) is 9.26. The molecule has 0 bridgehead atoms. The smallest absolute Gasteiger partial charge is 0.236 e. The second-order valence-electron chi connectivity index (χ2n) is 6.54. The normalized spacial score (nSPS) is 16.3. The summed E-state index contributed by atoms with van der Waals surface area (Å²) in [6.07, 6.45) is 0. The van der Waals surface area contributed by atoms with Crippen LogP contribution in [-0.4, -0.2) is 55.5 Å². The van der Waals surface area contributed by atoms with E-state index in [1.807, 2.05) is 11.9 Å². The number of piperazine rings is 1. The molecule has 1 aliphatic heterocycles. The van der Waals surface area contributed by atoms with Gasteiger partial charge < -0.3 is 10.2 Å². The van der Waals surface area contributed by atoms with Gasteiger partial charge in [-0.1, -0.05) is 38.1 Å². The summed E-state index contributed by atoms with van der Waals surface area (Å²) in [5.41, 5.74) is 2.62. The molecule has 0 saturated carbocycles. The molecule has 0 radical (unpaired) electrons. The van der Waals surface area contributed by atoms with Gasteiger partial charge in [-0.3, -0.25) is 9.69 Å². The number of carbonyl (C=O) groups is 1. The molecule has 1 unspecified atom stereocenters. The highest BCUT2D eigenvalue weighted by Crippen LogP contribution is 2.22. The van der Waals surface area contributed by atoms with Crippen LogP contribution in [0.1, 0.15) is 43.9 Å². The number of carbonyl (C=O) groups excluding carboxylic acids is 1. The fourth-order valence-corrected chi connectivity index (χ4v) is 2.78. The topological polar surface area (TPSA) is 35.6 Å². The Bertz CT molecular complexity index is 484. The van der Waals surface area contributed by atoms with Gasteiger partial charge in [-0.05, 0) is 31.0 Å². The molecule has 0 aromatic heterocycles. The van der Waals surface area contributed by atoms with Gasteiger partial charge in [-0.25, -0.2) is 0 Å². The lowest BCUT2D eigenvalue weighted by molar-refractivity contribution is -0.133. The third-order valence-corrected chi connectivity index (χ3v) is 4.60. The van der Waals surface area contributed by atoms with E-state index in [4.69, 9.17) is 0 Å². The fraction of sp³-hybridized carbons (Fsp3) is 0.611. The molecule has 0 aliphatic carbocycles. The Morgan fingerprint density at radius 1 is 1.13 bits per heavy atom. The molecule has 1 aromatic rings. The van der Waals surface area contributed by atoms with Gasteiger partial charge in [0.25, 0.3) is 0 Å². The minimum atomic E-state index is 0. The number of benzene rings is 1. The van der Waals surface area contributed by atoms with Crippen LogP contribution >= 0.6 is 12.4 Å². The summed E-state index contributed by atoms with van der Waals surface area (Å²) in [7, 11) is 2.03. The molecule has 1 atom stereocenters. The molecule has 5 heteroatoms. The number of nitrogens with one attached hydrogen (secondary N) is 1. The summed E-state index contributed by atoms with van der Waals surface area (Å²) in [5, 5.41) is 3.28. The average molecular weight is 340 g/mol. The van der Waals surface area contributed by atoms with Crippen molar-refractivity contribution in [3.63, 3.8) is 0 Å². The molecule has 1 aromatic carbocycles. The highest BCUT2D eigenvalue weighted by molar-refractivity contribution is 5.85. The highest BCUT2D eigenvalue weighted by Gasteiger charge is 2.20. The zero-order valence-corrected chi connectivity index (χ0v) is 15.5. The molecule has 23 heavy (non-hydrogen) atoms. The van der Waals surface area contributed by atoms with Crippen LogP contribution in [0.15, 0.2) is 24.3 Å². The number of hydrogen-bond donors (Lipinski definition) is 1. The van der Waals surface area contributed by atoms with E-state index >= 15 is 0 Å². The van der Waals surface area contributed by atoms with E-state index in [0.717, 1.165) is 26.2 Å². The lowest BCUT2D eigenvalue weighted by Crippen LogP contribution is -2.49. The summed E-state index contributed by atoms with van der Waals surface area (Å²) in [5.74, 6) is 0.783. The fourth-order valence-electron chi connectivity index (χ4n) is 2.78. The van der Waals surface area contributed by atoms with E-state index in [0.29, 0.717) is 12.5 Å². The van der Waals surface area contributed by atoms with Crippen LogP contribution in [-0.2, 0) is 4.79 Å². The van der Waals surface area contributed by atoms with Crippen LogP contribution in [0.3, 0.4) is 0 Å². The van der Waals surface area contributed by atoms with Crippen LogP contribution in [0.4, 0.5) is 0 Å². The van der Waals surface area contributed by atoms with Gasteiger partial charge in [0.15, 0.2) is 0 Å². The second-order valence-corrected chi connectivity index (χ2v) is 6.54. The Morgan fingerprint density at radius 3 is 2.17 bits per heavy atom. The van der Waals surface area contributed by atoms with E-state index < -0.39 is 0 Å². The van der Waals surface area contributed by atoms with Crippen LogP contribution in [0.25, 0.3) is 0 Å². The van der Waals surface area contributed by atoms with Gasteiger partial charge in [0, 0.05) is 32.2 Å². The maximum Gasteiger partial charge on any atom is 0.236 e. The van der Waals surface area contributed by atoms with Crippen LogP contribution < -0.4 is 5.32 Å². The van der Waals surface area contributed by atoms with Gasteiger partial charge in [-0.15, -0.1) is 12.4 Å². The minimum absolute atomic E-state index is 0. The Balaban J connectivity index is 0.00000264. The molecule has 2 rings (SSSR count). The summed E-state index contributed by atoms with van der Waals surface area (Å²) < 4.78 is 0. The number of halogens is 1. The Morgan fingerprint density at radius 2 is 1.65 bits per heavy atom. The summed E-state index contributed by atoms with van der Waals surface area (Å²) in [4.78, 5) is 16.4. The van der Waals surface area contributed by atoms with Crippen molar-refractivity contribution in [2.45, 2.75) is 32.7 Å². The predicted molar refractivity (Wildman–Crippen MR) is 98.3 cm³/mol. The zero-order chi connectivity index (χ0) is 16.1. The van der Waals surface area contributed by atoms with E-state index in [1.54, 1.807) is 0 Å². The lowest BCUT2D eigenvalue weighted by Gasteiger charge is -2.31. The molecule has 4 nitrogen and oxygen atoms in total. The summed E-state index contributed by atoms with van der Waals surface area (Å²) in [6.45, 7) is 10.5. The lowest BCUT2D eigenvalue weighted by atomic mass is 9.99. The number of nitrogens with zero attached hydrogens (tertiary/aromatic N) is 2. The molecule has 0 spiro atoms. The predicted octanol–water partition coefficient (Wildman–Crippen LogP) is 2.66. The number of hydrogen-bond acceptors (Lipinski definition) is 3. The Kier molecular flexibility index (Phi) is 8.03. The third kappa shape index (κ3) is 5.48. The molecule has 1 aliphatic rings. The molecule has 1 N–H and O–H groups in total. The van der Waals surface area contributed by atoms with Crippen LogP contribution in [0.2, 0.25) is 0 Å². The number of likely N-dealkylation sites (N-methyl/N-ethyl adjacent to an activating group) is 1. The van der Waals surface area contributed by atoms with E-state index in [2.05, 4.69) is 55.3 Å². The monoisotopic (exact) mass is 339 g/mol. The van der Waals surface area contributed by atoms with Crippen molar-refractivity contribution in [3.8, 4) is 0 Å². The zero-order valence-electron chi connectivity index (χ0n) is 14.7. The highest BCUT2D eigenvalue weighted by atomic mass is 35.5. The van der Waals surface area contributed by atoms with Crippen molar-refractivity contribution in [2.24, 2.45) is 0 Å². The molecule has 1 heterocycles. The first-order chi connectivity index (χ1) is 10.5. The van der Waals surface area contributed by atoms with Gasteiger partial charge in [-0.2, -0.15) is 0 Å². The van der Waals surface area contributed by atoms with E-state index in [-0.39, 0.29) is 24.4 Å². The van der Waals surface area contributed by atoms with E-state index in [9.17, 15) is 4.79 Å². The average Bonchev–Trinajstić information content (AvgIpc) is 2.55. The van der Waals surface area contributed by atoms with Crippen molar-refractivity contribution in [1.29, 1.82) is 0 Å². The quantitative estimate of drug-likeness (QED) is 0.895. The summed E-state index contributed by atoms with van der Waals surface area (Å²) >= 11 is 0. The van der Waals surface area contributed by atoms with Gasteiger partial charge in [0.1, 0.15) is 0 Å². The van der Waals surface area contributed by atoms with Crippen LogP contribution in [0.5, 0.6) is 0 Å². The first-order valence-electron chi connectivity index (χ1n) is 8.27. The molecular weight excluding hydrogens is 310 g/mol. The SMILES string of the molecule is CC(C)c1ccc(C(C)N(C)CC(=O)N2CCNCC2)cc1.Cl. The first-order valence-corrected chi connectivity index (χ1v) is 8.27. The van der Waals surface area contributed by atoms with Crippen molar-refractivity contribution in [3.05, 3.63) is 35.4 Å². The molecule has 1 fully saturated rings. The molecule has 130 valence electrons. The Labute approximate surface area is 146 Å². The maximum atomic E-state index is 12.3. The molecule has 1 saturated heterocycles. The van der Waals surface area contributed by atoms with Crippen molar-refractivity contribution >= 4 is 18.3 Å². The third-order valence-electron chi connectivity index (χ3n) is 4.60. The van der Waals surface area contributed by atoms with Crippen LogP contribution in [0, 0.1) is 0 Å². The first kappa shape index (κ1) is 19.9.